The van der Waals surface area contributed by atoms with Crippen LogP contribution in [0.5, 0.6) is 0 Å². The second kappa shape index (κ2) is 6.00. The molecule has 0 saturated carbocycles. The van der Waals surface area contributed by atoms with Gasteiger partial charge in [0.25, 0.3) is 0 Å². The normalized spacial score (nSPS) is 9.88. The van der Waals surface area contributed by atoms with Crippen molar-refractivity contribution in [3.05, 3.63) is 11.8 Å². The maximum atomic E-state index is 11.1. The molecule has 0 spiro atoms. The summed E-state index contributed by atoms with van der Waals surface area (Å²) in [6.45, 7) is 2.44. The molecule has 17 heavy (non-hydrogen) atoms. The predicted molar refractivity (Wildman–Crippen MR) is 66.5 cm³/mol. The van der Waals surface area contributed by atoms with Crippen LogP contribution in [0.1, 0.15) is 12.1 Å². The number of carbonyl (C=O) groups excluding carboxylic acids is 1. The van der Waals surface area contributed by atoms with Crippen LogP contribution < -0.4 is 21.5 Å². The lowest BCUT2D eigenvalue weighted by atomic mass is 10.3. The van der Waals surface area contributed by atoms with Crippen LogP contribution in [0.3, 0.4) is 0 Å². The quantitative estimate of drug-likeness (QED) is 0.479. The molecule has 94 valence electrons. The highest BCUT2D eigenvalue weighted by Gasteiger charge is 2.07. The minimum absolute atomic E-state index is 0.000184. The molecule has 0 aliphatic rings. The highest BCUT2D eigenvalue weighted by Crippen LogP contribution is 2.12. The highest BCUT2D eigenvalue weighted by atomic mass is 16.1. The van der Waals surface area contributed by atoms with Gasteiger partial charge in [-0.2, -0.15) is 4.98 Å². The number of nitrogens with zero attached hydrogens (tertiary/aromatic N) is 3. The second-order valence-electron chi connectivity index (χ2n) is 3.68. The Kier molecular flexibility index (Phi) is 4.65. The van der Waals surface area contributed by atoms with Gasteiger partial charge in [-0.1, -0.05) is 0 Å². The third kappa shape index (κ3) is 3.87. The van der Waals surface area contributed by atoms with Gasteiger partial charge in [0, 0.05) is 38.8 Å². The SMILES string of the molecule is CNC(=O)CCN(C)c1cc(C)nc(NN)n1. The largest absolute Gasteiger partial charge is 0.359 e. The summed E-state index contributed by atoms with van der Waals surface area (Å²) in [6.07, 6.45) is 0.418. The summed E-state index contributed by atoms with van der Waals surface area (Å²) in [5.74, 6) is 6.37. The monoisotopic (exact) mass is 238 g/mol. The molecule has 0 unspecified atom stereocenters. The maximum Gasteiger partial charge on any atom is 0.239 e. The first-order chi connectivity index (χ1) is 8.06. The Bertz CT molecular complexity index is 394. The minimum atomic E-state index is -0.000184. The Hall–Kier alpha value is -1.89. The first-order valence-corrected chi connectivity index (χ1v) is 5.31. The Balaban J connectivity index is 2.71. The summed E-state index contributed by atoms with van der Waals surface area (Å²) >= 11 is 0. The molecule has 0 aromatic carbocycles. The van der Waals surface area contributed by atoms with Gasteiger partial charge in [-0.25, -0.2) is 10.8 Å². The lowest BCUT2D eigenvalue weighted by Gasteiger charge is -2.18. The number of hydrogen-bond donors (Lipinski definition) is 3. The van der Waals surface area contributed by atoms with Crippen LogP contribution in [-0.4, -0.2) is 36.5 Å². The van der Waals surface area contributed by atoms with Gasteiger partial charge in [-0.15, -0.1) is 0 Å². The lowest BCUT2D eigenvalue weighted by Crippen LogP contribution is -2.27. The molecule has 1 heterocycles. The number of anilines is 2. The van der Waals surface area contributed by atoms with E-state index in [4.69, 9.17) is 5.84 Å². The average Bonchev–Trinajstić information content (AvgIpc) is 2.34. The van der Waals surface area contributed by atoms with Crippen molar-refractivity contribution >= 4 is 17.7 Å². The number of carbonyl (C=O) groups is 1. The molecule has 1 aromatic heterocycles. The van der Waals surface area contributed by atoms with Crippen molar-refractivity contribution in [2.45, 2.75) is 13.3 Å². The molecule has 7 nitrogen and oxygen atoms in total. The fourth-order valence-electron chi connectivity index (χ4n) is 1.32. The summed E-state index contributed by atoms with van der Waals surface area (Å²) in [6, 6.07) is 1.84. The predicted octanol–water partition coefficient (Wildman–Crippen LogP) is -0.357. The summed E-state index contributed by atoms with van der Waals surface area (Å²) in [5, 5.41) is 2.58. The molecule has 0 bridgehead atoms. The standard InChI is InChI=1S/C10H18N6O/c1-7-6-8(14-10(13-7)15-11)16(3)5-4-9(17)12-2/h6H,4-5,11H2,1-3H3,(H,12,17)(H,13,14,15). The molecule has 7 heteroatoms. The lowest BCUT2D eigenvalue weighted by molar-refractivity contribution is -0.120. The zero-order valence-electron chi connectivity index (χ0n) is 10.3. The van der Waals surface area contributed by atoms with E-state index in [0.717, 1.165) is 11.5 Å². The number of aryl methyl sites for hydroxylation is 1. The van der Waals surface area contributed by atoms with Crippen LogP contribution in [0.2, 0.25) is 0 Å². The van der Waals surface area contributed by atoms with Crippen LogP contribution in [-0.2, 0) is 4.79 Å². The van der Waals surface area contributed by atoms with Crippen molar-refractivity contribution in [1.29, 1.82) is 0 Å². The van der Waals surface area contributed by atoms with Crippen molar-refractivity contribution in [1.82, 2.24) is 15.3 Å². The van der Waals surface area contributed by atoms with Crippen molar-refractivity contribution < 1.29 is 4.79 Å². The zero-order valence-corrected chi connectivity index (χ0v) is 10.3. The number of nitrogens with two attached hydrogens (primary N) is 1. The third-order valence-corrected chi connectivity index (χ3v) is 2.31. The maximum absolute atomic E-state index is 11.1. The number of rotatable bonds is 5. The molecular formula is C10H18N6O. The summed E-state index contributed by atoms with van der Waals surface area (Å²) < 4.78 is 0. The van der Waals surface area contributed by atoms with E-state index < -0.39 is 0 Å². The third-order valence-electron chi connectivity index (χ3n) is 2.31. The Morgan fingerprint density at radius 3 is 2.82 bits per heavy atom. The number of nitrogen functional groups attached to an aromatic ring is 1. The van der Waals surface area contributed by atoms with E-state index in [0.29, 0.717) is 18.9 Å². The fourth-order valence-corrected chi connectivity index (χ4v) is 1.32. The summed E-state index contributed by atoms with van der Waals surface area (Å²) in [5.41, 5.74) is 3.23. The highest BCUT2D eigenvalue weighted by molar-refractivity contribution is 5.76. The van der Waals surface area contributed by atoms with Gasteiger partial charge in [0.1, 0.15) is 5.82 Å². The second-order valence-corrected chi connectivity index (χ2v) is 3.68. The van der Waals surface area contributed by atoms with E-state index in [-0.39, 0.29) is 5.91 Å². The van der Waals surface area contributed by atoms with Crippen LogP contribution in [0, 0.1) is 6.92 Å². The molecule has 0 aliphatic heterocycles. The molecule has 1 rings (SSSR count). The van der Waals surface area contributed by atoms with E-state index in [1.165, 1.54) is 0 Å². The summed E-state index contributed by atoms with van der Waals surface area (Å²) in [4.78, 5) is 21.3. The smallest absolute Gasteiger partial charge is 0.239 e. The van der Waals surface area contributed by atoms with Gasteiger partial charge < -0.3 is 10.2 Å². The Labute approximate surface area is 100 Å². The first-order valence-electron chi connectivity index (χ1n) is 5.31. The molecule has 1 amide bonds. The van der Waals surface area contributed by atoms with E-state index >= 15 is 0 Å². The van der Waals surface area contributed by atoms with Crippen molar-refractivity contribution in [3.8, 4) is 0 Å². The molecule has 0 atom stereocenters. The van der Waals surface area contributed by atoms with Crippen LogP contribution in [0.15, 0.2) is 6.07 Å². The van der Waals surface area contributed by atoms with Crippen molar-refractivity contribution in [2.75, 3.05) is 31.0 Å². The molecule has 0 fully saturated rings. The van der Waals surface area contributed by atoms with Gasteiger partial charge >= 0.3 is 0 Å². The first kappa shape index (κ1) is 13.2. The summed E-state index contributed by atoms with van der Waals surface area (Å²) in [7, 11) is 3.48. The van der Waals surface area contributed by atoms with Crippen LogP contribution in [0.25, 0.3) is 0 Å². The molecule has 1 aromatic rings. The van der Waals surface area contributed by atoms with Crippen molar-refractivity contribution in [3.63, 3.8) is 0 Å². The number of nitrogens with one attached hydrogen (secondary N) is 2. The van der Waals surface area contributed by atoms with Gasteiger partial charge in [0.2, 0.25) is 11.9 Å². The number of hydrogen-bond acceptors (Lipinski definition) is 6. The molecule has 0 saturated heterocycles. The van der Waals surface area contributed by atoms with Gasteiger partial charge in [-0.3, -0.25) is 10.2 Å². The number of amides is 1. The average molecular weight is 238 g/mol. The Morgan fingerprint density at radius 2 is 2.24 bits per heavy atom. The molecular weight excluding hydrogens is 220 g/mol. The molecule has 0 aliphatic carbocycles. The molecule has 0 radical (unpaired) electrons. The zero-order chi connectivity index (χ0) is 12.8. The molecule has 4 N–H and O–H groups in total. The van der Waals surface area contributed by atoms with Gasteiger partial charge in [0.05, 0.1) is 0 Å². The van der Waals surface area contributed by atoms with Crippen LogP contribution >= 0.6 is 0 Å². The van der Waals surface area contributed by atoms with E-state index in [2.05, 4.69) is 20.7 Å². The van der Waals surface area contributed by atoms with E-state index in [1.807, 2.05) is 24.9 Å². The fraction of sp³-hybridized carbons (Fsp3) is 0.500. The van der Waals surface area contributed by atoms with E-state index in [1.54, 1.807) is 7.05 Å². The number of aromatic nitrogens is 2. The van der Waals surface area contributed by atoms with E-state index in [9.17, 15) is 4.79 Å². The topological polar surface area (TPSA) is 96.2 Å². The minimum Gasteiger partial charge on any atom is -0.359 e. The number of hydrazine groups is 1. The van der Waals surface area contributed by atoms with Gasteiger partial charge in [-0.05, 0) is 6.92 Å². The Morgan fingerprint density at radius 1 is 1.53 bits per heavy atom. The van der Waals surface area contributed by atoms with Crippen molar-refractivity contribution in [2.24, 2.45) is 5.84 Å². The van der Waals surface area contributed by atoms with Gasteiger partial charge in [0.15, 0.2) is 0 Å². The van der Waals surface area contributed by atoms with Crippen LogP contribution in [0.4, 0.5) is 11.8 Å².